The molecular weight excluding hydrogens is 276 g/mol. The number of benzene rings is 2. The highest BCUT2D eigenvalue weighted by atomic mass is 16.1. The molecule has 0 aliphatic carbocycles. The van der Waals surface area contributed by atoms with E-state index < -0.39 is 0 Å². The van der Waals surface area contributed by atoms with Crippen LogP contribution in [-0.2, 0) is 0 Å². The maximum absolute atomic E-state index is 12.3. The van der Waals surface area contributed by atoms with Crippen molar-refractivity contribution in [2.24, 2.45) is 0 Å². The highest BCUT2D eigenvalue weighted by Gasteiger charge is 2.10. The summed E-state index contributed by atoms with van der Waals surface area (Å²) in [4.78, 5) is 14.4. The van der Waals surface area contributed by atoms with Crippen molar-refractivity contribution in [1.82, 2.24) is 15.5 Å². The molecule has 1 amide bonds. The summed E-state index contributed by atoms with van der Waals surface area (Å²) in [6, 6.07) is 13.3. The zero-order valence-corrected chi connectivity index (χ0v) is 13.0. The topological polar surface area (TPSA) is 68.2 Å². The molecule has 116 valence electrons. The lowest BCUT2D eigenvalue weighted by molar-refractivity contribution is 0.0977. The van der Waals surface area contributed by atoms with Crippen LogP contribution >= 0.6 is 0 Å². The Morgan fingerprint density at radius 1 is 1.14 bits per heavy atom. The summed E-state index contributed by atoms with van der Waals surface area (Å²) in [5.41, 5.74) is 0.581. The van der Waals surface area contributed by atoms with Gasteiger partial charge in [-0.3, -0.25) is 15.5 Å². The third-order valence-corrected chi connectivity index (χ3v) is 3.36. The van der Waals surface area contributed by atoms with E-state index in [0.717, 1.165) is 23.7 Å². The average Bonchev–Trinajstić information content (AvgIpc) is 2.50. The van der Waals surface area contributed by atoms with Crippen molar-refractivity contribution in [3.8, 4) is 0 Å². The molecular formula is C17H22N4O. The minimum atomic E-state index is -0.262. The number of hydrogen-bond acceptors (Lipinski definition) is 3. The molecule has 0 radical (unpaired) electrons. The van der Waals surface area contributed by atoms with E-state index in [9.17, 15) is 4.79 Å². The van der Waals surface area contributed by atoms with Crippen LogP contribution in [0.15, 0.2) is 42.5 Å². The summed E-state index contributed by atoms with van der Waals surface area (Å²) in [7, 11) is 4.02. The molecule has 0 saturated heterocycles. The fraction of sp³-hybridized carbons (Fsp3) is 0.294. The molecule has 0 fully saturated rings. The maximum atomic E-state index is 12.3. The summed E-state index contributed by atoms with van der Waals surface area (Å²) in [5, 5.41) is 15.2. The first kappa shape index (κ1) is 16.0. The molecule has 0 atom stereocenters. The molecule has 5 heteroatoms. The quantitative estimate of drug-likeness (QED) is 0.449. The molecule has 2 aromatic carbocycles. The van der Waals surface area contributed by atoms with E-state index in [1.54, 1.807) is 6.07 Å². The zero-order chi connectivity index (χ0) is 15.9. The molecule has 0 aliphatic heterocycles. The Kier molecular flexibility index (Phi) is 5.49. The molecule has 0 unspecified atom stereocenters. The average molecular weight is 298 g/mol. The summed E-state index contributed by atoms with van der Waals surface area (Å²) >= 11 is 0. The standard InChI is InChI=1S/C17H22N4O/c1-21(2)12-6-11-19-17(18)20-16(22)15-10-5-8-13-7-3-4-9-14(13)15/h3-5,7-10H,6,11-12H2,1-2H3,(H3,18,19,20,22). The van der Waals surface area contributed by atoms with Gasteiger partial charge in [0.1, 0.15) is 0 Å². The van der Waals surface area contributed by atoms with Crippen molar-refractivity contribution >= 4 is 22.6 Å². The van der Waals surface area contributed by atoms with Crippen molar-refractivity contribution in [3.05, 3.63) is 48.0 Å². The summed E-state index contributed by atoms with van der Waals surface area (Å²) in [6.45, 7) is 1.60. The minimum Gasteiger partial charge on any atom is -0.356 e. The van der Waals surface area contributed by atoms with Gasteiger partial charge in [0, 0.05) is 12.1 Å². The van der Waals surface area contributed by atoms with Gasteiger partial charge in [0.2, 0.25) is 0 Å². The number of nitrogens with zero attached hydrogens (tertiary/aromatic N) is 1. The van der Waals surface area contributed by atoms with Crippen LogP contribution in [0.25, 0.3) is 10.8 Å². The molecule has 5 nitrogen and oxygen atoms in total. The second-order valence-electron chi connectivity index (χ2n) is 5.44. The molecule has 2 aromatic rings. The van der Waals surface area contributed by atoms with Crippen molar-refractivity contribution in [2.75, 3.05) is 27.2 Å². The Balaban J connectivity index is 1.95. The molecule has 0 saturated carbocycles. The Bertz CT molecular complexity index is 661. The molecule has 0 heterocycles. The third kappa shape index (κ3) is 4.30. The molecule has 22 heavy (non-hydrogen) atoms. The van der Waals surface area contributed by atoms with E-state index >= 15 is 0 Å². The fourth-order valence-corrected chi connectivity index (χ4v) is 2.26. The number of rotatable bonds is 5. The van der Waals surface area contributed by atoms with Crippen molar-refractivity contribution in [3.63, 3.8) is 0 Å². The molecule has 0 spiro atoms. The first-order chi connectivity index (χ1) is 10.6. The van der Waals surface area contributed by atoms with Crippen molar-refractivity contribution in [1.29, 1.82) is 5.41 Å². The van der Waals surface area contributed by atoms with E-state index in [-0.39, 0.29) is 11.9 Å². The van der Waals surface area contributed by atoms with Crippen LogP contribution < -0.4 is 10.6 Å². The number of fused-ring (bicyclic) bond motifs is 1. The minimum absolute atomic E-state index is 0.0386. The number of carbonyl (C=O) groups excluding carboxylic acids is 1. The molecule has 0 bridgehead atoms. The second-order valence-corrected chi connectivity index (χ2v) is 5.44. The Morgan fingerprint density at radius 2 is 1.86 bits per heavy atom. The Labute approximate surface area is 130 Å². The van der Waals surface area contributed by atoms with Crippen LogP contribution in [0, 0.1) is 5.41 Å². The molecule has 2 rings (SSSR count). The van der Waals surface area contributed by atoms with E-state index in [2.05, 4.69) is 15.5 Å². The van der Waals surface area contributed by atoms with Crippen LogP contribution in [0.3, 0.4) is 0 Å². The van der Waals surface area contributed by atoms with Gasteiger partial charge in [0.05, 0.1) is 0 Å². The monoisotopic (exact) mass is 298 g/mol. The van der Waals surface area contributed by atoms with Crippen LogP contribution in [0.5, 0.6) is 0 Å². The van der Waals surface area contributed by atoms with Crippen molar-refractivity contribution in [2.45, 2.75) is 6.42 Å². The van der Waals surface area contributed by atoms with Gasteiger partial charge in [0.15, 0.2) is 5.96 Å². The van der Waals surface area contributed by atoms with Crippen LogP contribution in [0.2, 0.25) is 0 Å². The third-order valence-electron chi connectivity index (χ3n) is 3.36. The second kappa shape index (κ2) is 7.56. The molecule has 3 N–H and O–H groups in total. The lowest BCUT2D eigenvalue weighted by Crippen LogP contribution is -2.41. The van der Waals surface area contributed by atoms with Gasteiger partial charge in [0.25, 0.3) is 5.91 Å². The number of hydrogen-bond donors (Lipinski definition) is 3. The van der Waals surface area contributed by atoms with Crippen LogP contribution in [-0.4, -0.2) is 44.0 Å². The summed E-state index contributed by atoms with van der Waals surface area (Å²) in [6.07, 6.45) is 0.916. The van der Waals surface area contributed by atoms with Gasteiger partial charge in [-0.2, -0.15) is 0 Å². The Morgan fingerprint density at radius 3 is 2.64 bits per heavy atom. The highest BCUT2D eigenvalue weighted by Crippen LogP contribution is 2.18. The van der Waals surface area contributed by atoms with E-state index in [0.29, 0.717) is 12.1 Å². The van der Waals surface area contributed by atoms with Gasteiger partial charge in [-0.15, -0.1) is 0 Å². The largest absolute Gasteiger partial charge is 0.356 e. The van der Waals surface area contributed by atoms with Crippen LogP contribution in [0.1, 0.15) is 16.8 Å². The zero-order valence-electron chi connectivity index (χ0n) is 13.0. The van der Waals surface area contributed by atoms with Gasteiger partial charge in [-0.25, -0.2) is 0 Å². The predicted octanol–water partition coefficient (Wildman–Crippen LogP) is 2.05. The fourth-order valence-electron chi connectivity index (χ4n) is 2.26. The van der Waals surface area contributed by atoms with Crippen LogP contribution in [0.4, 0.5) is 0 Å². The first-order valence-electron chi connectivity index (χ1n) is 7.34. The summed E-state index contributed by atoms with van der Waals surface area (Å²) in [5.74, 6) is -0.224. The van der Waals surface area contributed by atoms with E-state index in [4.69, 9.17) is 5.41 Å². The van der Waals surface area contributed by atoms with Gasteiger partial charge in [-0.05, 0) is 43.9 Å². The van der Waals surface area contributed by atoms with Gasteiger partial charge >= 0.3 is 0 Å². The van der Waals surface area contributed by atoms with E-state index in [1.165, 1.54) is 0 Å². The van der Waals surface area contributed by atoms with Gasteiger partial charge < -0.3 is 10.2 Å². The SMILES string of the molecule is CN(C)CCCNC(=N)NC(=O)c1cccc2ccccc12. The highest BCUT2D eigenvalue weighted by molar-refractivity contribution is 6.12. The summed E-state index contributed by atoms with van der Waals surface area (Å²) < 4.78 is 0. The normalized spacial score (nSPS) is 10.7. The number of carbonyl (C=O) groups is 1. The smallest absolute Gasteiger partial charge is 0.258 e. The van der Waals surface area contributed by atoms with Gasteiger partial charge in [-0.1, -0.05) is 36.4 Å². The predicted molar refractivity (Wildman–Crippen MR) is 90.3 cm³/mol. The Hall–Kier alpha value is -2.40. The number of amides is 1. The number of guanidine groups is 1. The number of nitrogens with one attached hydrogen (secondary N) is 3. The first-order valence-corrected chi connectivity index (χ1v) is 7.34. The molecule has 0 aromatic heterocycles. The van der Waals surface area contributed by atoms with E-state index in [1.807, 2.05) is 50.5 Å². The maximum Gasteiger partial charge on any atom is 0.258 e. The lowest BCUT2D eigenvalue weighted by atomic mass is 10.0. The molecule has 0 aliphatic rings. The van der Waals surface area contributed by atoms with Crippen molar-refractivity contribution < 1.29 is 4.79 Å². The lowest BCUT2D eigenvalue weighted by Gasteiger charge is -2.12.